The lowest BCUT2D eigenvalue weighted by Gasteiger charge is -2.08. The summed E-state index contributed by atoms with van der Waals surface area (Å²) in [5.74, 6) is -3.95. The summed E-state index contributed by atoms with van der Waals surface area (Å²) in [6.07, 6.45) is 0. The Morgan fingerprint density at radius 3 is 2.47 bits per heavy atom. The molecule has 4 aromatic rings. The van der Waals surface area contributed by atoms with Gasteiger partial charge in [-0.15, -0.1) is 0 Å². The molecule has 0 aliphatic carbocycles. The summed E-state index contributed by atoms with van der Waals surface area (Å²) < 4.78 is 27.7. The Bertz CT molecular complexity index is 1270. The SMILES string of the molecule is O=C(O)c1cc(C(=O)NCc2ccc(F)c(F)c2)n2nc(-c3ccccc3)cc2n1. The van der Waals surface area contributed by atoms with Crippen LogP contribution in [0.4, 0.5) is 8.78 Å². The maximum absolute atomic E-state index is 13.4. The van der Waals surface area contributed by atoms with Gasteiger partial charge in [-0.25, -0.2) is 23.1 Å². The molecule has 0 fully saturated rings. The molecule has 30 heavy (non-hydrogen) atoms. The first-order valence-electron chi connectivity index (χ1n) is 8.84. The number of hydrogen-bond acceptors (Lipinski definition) is 4. The lowest BCUT2D eigenvalue weighted by molar-refractivity contribution is 0.0690. The fourth-order valence-corrected chi connectivity index (χ4v) is 2.92. The van der Waals surface area contributed by atoms with Crippen molar-refractivity contribution in [2.24, 2.45) is 0 Å². The van der Waals surface area contributed by atoms with E-state index in [2.05, 4.69) is 15.4 Å². The van der Waals surface area contributed by atoms with Crippen LogP contribution in [0.3, 0.4) is 0 Å². The van der Waals surface area contributed by atoms with Crippen molar-refractivity contribution in [3.05, 3.63) is 89.2 Å². The summed E-state index contributed by atoms with van der Waals surface area (Å²) in [6, 6.07) is 15.1. The number of carboxylic acids is 1. The highest BCUT2D eigenvalue weighted by Gasteiger charge is 2.19. The normalized spacial score (nSPS) is 10.9. The molecular formula is C21H14F2N4O3. The molecule has 0 saturated carbocycles. The first-order valence-corrected chi connectivity index (χ1v) is 8.84. The number of carbonyl (C=O) groups excluding carboxylic acids is 1. The Morgan fingerprint density at radius 2 is 1.77 bits per heavy atom. The third kappa shape index (κ3) is 3.72. The molecule has 0 atom stereocenters. The minimum atomic E-state index is -1.30. The summed E-state index contributed by atoms with van der Waals surface area (Å²) in [6.45, 7) is -0.0882. The molecule has 0 aliphatic rings. The highest BCUT2D eigenvalue weighted by molar-refractivity contribution is 5.96. The summed E-state index contributed by atoms with van der Waals surface area (Å²) in [4.78, 5) is 28.2. The van der Waals surface area contributed by atoms with Gasteiger partial charge in [0.2, 0.25) is 0 Å². The van der Waals surface area contributed by atoms with Gasteiger partial charge in [0.15, 0.2) is 23.0 Å². The Balaban J connectivity index is 1.70. The van der Waals surface area contributed by atoms with Crippen LogP contribution in [0.15, 0.2) is 60.7 Å². The van der Waals surface area contributed by atoms with Crippen LogP contribution in [0.25, 0.3) is 16.9 Å². The second-order valence-corrected chi connectivity index (χ2v) is 6.43. The number of hydrogen-bond donors (Lipinski definition) is 2. The average Bonchev–Trinajstić information content (AvgIpc) is 3.18. The van der Waals surface area contributed by atoms with Gasteiger partial charge in [-0.2, -0.15) is 5.10 Å². The zero-order chi connectivity index (χ0) is 21.3. The Kier molecular flexibility index (Phi) is 4.93. The van der Waals surface area contributed by atoms with E-state index in [0.717, 1.165) is 23.8 Å². The topological polar surface area (TPSA) is 96.6 Å². The summed E-state index contributed by atoms with van der Waals surface area (Å²) in [5.41, 5.74) is 1.44. The Morgan fingerprint density at radius 1 is 1.00 bits per heavy atom. The van der Waals surface area contributed by atoms with E-state index in [-0.39, 0.29) is 23.6 Å². The van der Waals surface area contributed by atoms with E-state index < -0.39 is 23.5 Å². The first-order chi connectivity index (χ1) is 14.4. The molecule has 0 radical (unpaired) electrons. The molecule has 7 nitrogen and oxygen atoms in total. The van der Waals surface area contributed by atoms with E-state index in [1.807, 2.05) is 30.3 Å². The molecule has 1 amide bonds. The number of halogens is 2. The van der Waals surface area contributed by atoms with Gasteiger partial charge in [-0.05, 0) is 17.7 Å². The van der Waals surface area contributed by atoms with E-state index in [4.69, 9.17) is 0 Å². The van der Waals surface area contributed by atoms with E-state index in [1.165, 1.54) is 10.6 Å². The van der Waals surface area contributed by atoms with Gasteiger partial charge < -0.3 is 10.4 Å². The van der Waals surface area contributed by atoms with E-state index >= 15 is 0 Å². The third-order valence-corrected chi connectivity index (χ3v) is 4.39. The first kappa shape index (κ1) is 19.2. The molecule has 150 valence electrons. The fourth-order valence-electron chi connectivity index (χ4n) is 2.92. The summed E-state index contributed by atoms with van der Waals surface area (Å²) >= 11 is 0. The van der Waals surface area contributed by atoms with Gasteiger partial charge in [0.1, 0.15) is 5.69 Å². The van der Waals surface area contributed by atoms with Crippen LogP contribution in [-0.4, -0.2) is 31.6 Å². The second-order valence-electron chi connectivity index (χ2n) is 6.43. The zero-order valence-corrected chi connectivity index (χ0v) is 15.3. The third-order valence-electron chi connectivity index (χ3n) is 4.39. The largest absolute Gasteiger partial charge is 0.477 e. The van der Waals surface area contributed by atoms with Crippen LogP contribution in [0.5, 0.6) is 0 Å². The molecule has 4 rings (SSSR count). The fraction of sp³-hybridized carbons (Fsp3) is 0.0476. The number of carboxylic acid groups (broad SMARTS) is 1. The number of rotatable bonds is 5. The van der Waals surface area contributed by atoms with Crippen molar-refractivity contribution < 1.29 is 23.5 Å². The molecule has 2 aromatic heterocycles. The number of amides is 1. The van der Waals surface area contributed by atoms with Gasteiger partial charge in [-0.3, -0.25) is 4.79 Å². The van der Waals surface area contributed by atoms with Gasteiger partial charge in [0.05, 0.1) is 5.69 Å². The van der Waals surface area contributed by atoms with Gasteiger partial charge >= 0.3 is 5.97 Å². The van der Waals surface area contributed by atoms with Crippen LogP contribution in [0, 0.1) is 11.6 Å². The number of carbonyl (C=O) groups is 2. The van der Waals surface area contributed by atoms with Crippen LogP contribution < -0.4 is 5.32 Å². The summed E-state index contributed by atoms with van der Waals surface area (Å²) in [5, 5.41) is 16.3. The van der Waals surface area contributed by atoms with Crippen molar-refractivity contribution in [2.45, 2.75) is 6.54 Å². The van der Waals surface area contributed by atoms with Crippen LogP contribution in [0.1, 0.15) is 26.5 Å². The molecule has 2 heterocycles. The van der Waals surface area contributed by atoms with Crippen molar-refractivity contribution in [3.63, 3.8) is 0 Å². The minimum Gasteiger partial charge on any atom is -0.477 e. The standard InChI is InChI=1S/C21H14F2N4O3/c22-14-7-6-12(8-15(14)23)11-24-20(28)18-9-17(21(29)30)25-19-10-16(26-27(18)19)13-4-2-1-3-5-13/h1-10H,11H2,(H,24,28)(H,29,30). The van der Waals surface area contributed by atoms with Gasteiger partial charge in [0, 0.05) is 24.2 Å². The quantitative estimate of drug-likeness (QED) is 0.528. The molecule has 0 saturated heterocycles. The minimum absolute atomic E-state index is 0.0536. The molecule has 2 aromatic carbocycles. The molecule has 0 unspecified atom stereocenters. The smallest absolute Gasteiger partial charge is 0.354 e. The van der Waals surface area contributed by atoms with Gasteiger partial charge in [-0.1, -0.05) is 36.4 Å². The maximum Gasteiger partial charge on any atom is 0.354 e. The van der Waals surface area contributed by atoms with Crippen LogP contribution >= 0.6 is 0 Å². The molecule has 0 aliphatic heterocycles. The van der Waals surface area contributed by atoms with E-state index in [0.29, 0.717) is 11.3 Å². The Hall–Kier alpha value is -4.14. The van der Waals surface area contributed by atoms with Crippen molar-refractivity contribution in [2.75, 3.05) is 0 Å². The lowest BCUT2D eigenvalue weighted by Crippen LogP contribution is -2.26. The number of benzene rings is 2. The van der Waals surface area contributed by atoms with E-state index in [1.54, 1.807) is 6.07 Å². The number of nitrogens with one attached hydrogen (secondary N) is 1. The highest BCUT2D eigenvalue weighted by atomic mass is 19.2. The maximum atomic E-state index is 13.4. The molecule has 9 heteroatoms. The van der Waals surface area contributed by atoms with Crippen molar-refractivity contribution in [3.8, 4) is 11.3 Å². The lowest BCUT2D eigenvalue weighted by atomic mass is 10.2. The number of fused-ring (bicyclic) bond motifs is 1. The predicted octanol–water partition coefficient (Wildman–Crippen LogP) is 3.30. The molecule has 0 bridgehead atoms. The average molecular weight is 408 g/mol. The predicted molar refractivity (Wildman–Crippen MR) is 103 cm³/mol. The van der Waals surface area contributed by atoms with Crippen LogP contribution in [0.2, 0.25) is 0 Å². The zero-order valence-electron chi connectivity index (χ0n) is 15.3. The van der Waals surface area contributed by atoms with Crippen LogP contribution in [-0.2, 0) is 6.54 Å². The molecule has 0 spiro atoms. The van der Waals surface area contributed by atoms with Crippen molar-refractivity contribution in [1.82, 2.24) is 19.9 Å². The monoisotopic (exact) mass is 408 g/mol. The molecule has 2 N–H and O–H groups in total. The molecular weight excluding hydrogens is 394 g/mol. The van der Waals surface area contributed by atoms with Gasteiger partial charge in [0.25, 0.3) is 5.91 Å². The van der Waals surface area contributed by atoms with Crippen molar-refractivity contribution in [1.29, 1.82) is 0 Å². The number of nitrogens with zero attached hydrogens (tertiary/aromatic N) is 3. The second kappa shape index (κ2) is 7.70. The summed E-state index contributed by atoms with van der Waals surface area (Å²) in [7, 11) is 0. The van der Waals surface area contributed by atoms with E-state index in [9.17, 15) is 23.5 Å². The number of aromatic carboxylic acids is 1. The van der Waals surface area contributed by atoms with Crippen molar-refractivity contribution >= 4 is 17.5 Å². The number of aromatic nitrogens is 3. The Labute approximate surface area is 168 Å². The highest BCUT2D eigenvalue weighted by Crippen LogP contribution is 2.20.